The van der Waals surface area contributed by atoms with Crippen LogP contribution in [0.15, 0.2) is 48.5 Å². The van der Waals surface area contributed by atoms with E-state index in [9.17, 15) is 9.59 Å². The fourth-order valence-corrected chi connectivity index (χ4v) is 1.99. The largest absolute Gasteiger partial charge is 0.490 e. The SMILES string of the molecule is CC(=O)c1ccccc1OC(=O)c1ccccc1OC(C)C. The first kappa shape index (κ1) is 15.8. The van der Waals surface area contributed by atoms with Crippen molar-refractivity contribution in [1.29, 1.82) is 0 Å². The standard InChI is InChI=1S/C18H18O4/c1-12(2)21-17-11-7-5-9-15(17)18(20)22-16-10-6-4-8-14(16)13(3)19/h4-12H,1-3H3. The lowest BCUT2D eigenvalue weighted by Crippen LogP contribution is -2.14. The van der Waals surface area contributed by atoms with Gasteiger partial charge in [0.05, 0.1) is 11.7 Å². The molecule has 4 heteroatoms. The summed E-state index contributed by atoms with van der Waals surface area (Å²) in [6.07, 6.45) is -0.0570. The van der Waals surface area contributed by atoms with Gasteiger partial charge in [0, 0.05) is 0 Å². The number of Topliss-reactive ketones (excluding diaryl/α,β-unsaturated/α-hetero) is 1. The minimum absolute atomic E-state index is 0.0570. The van der Waals surface area contributed by atoms with Gasteiger partial charge < -0.3 is 9.47 Å². The summed E-state index contributed by atoms with van der Waals surface area (Å²) in [4.78, 5) is 24.0. The van der Waals surface area contributed by atoms with Crippen molar-refractivity contribution in [2.24, 2.45) is 0 Å². The number of ether oxygens (including phenoxy) is 2. The molecule has 0 atom stereocenters. The van der Waals surface area contributed by atoms with Gasteiger partial charge in [-0.05, 0) is 45.0 Å². The van der Waals surface area contributed by atoms with Gasteiger partial charge in [-0.1, -0.05) is 24.3 Å². The van der Waals surface area contributed by atoms with E-state index < -0.39 is 5.97 Å². The number of hydrogen-bond acceptors (Lipinski definition) is 4. The molecule has 0 aromatic heterocycles. The molecule has 0 saturated carbocycles. The van der Waals surface area contributed by atoms with Crippen molar-refractivity contribution < 1.29 is 19.1 Å². The zero-order valence-corrected chi connectivity index (χ0v) is 12.8. The lowest BCUT2D eigenvalue weighted by atomic mass is 10.1. The number of para-hydroxylation sites is 2. The van der Waals surface area contributed by atoms with Crippen LogP contribution < -0.4 is 9.47 Å². The third kappa shape index (κ3) is 3.73. The second kappa shape index (κ2) is 6.89. The maximum Gasteiger partial charge on any atom is 0.347 e. The van der Waals surface area contributed by atoms with Gasteiger partial charge in [0.15, 0.2) is 5.78 Å². The Bertz CT molecular complexity index is 689. The molecule has 0 N–H and O–H groups in total. The van der Waals surface area contributed by atoms with Crippen molar-refractivity contribution in [1.82, 2.24) is 0 Å². The molecule has 22 heavy (non-hydrogen) atoms. The second-order valence-electron chi connectivity index (χ2n) is 5.10. The van der Waals surface area contributed by atoms with E-state index in [4.69, 9.17) is 9.47 Å². The van der Waals surface area contributed by atoms with E-state index in [1.807, 2.05) is 13.8 Å². The van der Waals surface area contributed by atoms with Gasteiger partial charge in [0.25, 0.3) is 0 Å². The molecule has 0 aliphatic carbocycles. The predicted molar refractivity (Wildman–Crippen MR) is 83.6 cm³/mol. The summed E-state index contributed by atoms with van der Waals surface area (Å²) in [5.74, 6) is 0.00206. The minimum atomic E-state index is -0.551. The van der Waals surface area contributed by atoms with Crippen LogP contribution in [0, 0.1) is 0 Å². The Morgan fingerprint density at radius 2 is 1.41 bits per heavy atom. The van der Waals surface area contributed by atoms with Crippen molar-refractivity contribution in [2.45, 2.75) is 26.9 Å². The van der Waals surface area contributed by atoms with E-state index in [1.54, 1.807) is 48.5 Å². The zero-order chi connectivity index (χ0) is 16.1. The summed E-state index contributed by atoms with van der Waals surface area (Å²) in [6.45, 7) is 5.20. The Hall–Kier alpha value is -2.62. The summed E-state index contributed by atoms with van der Waals surface area (Å²) in [7, 11) is 0. The Morgan fingerprint density at radius 1 is 0.864 bits per heavy atom. The van der Waals surface area contributed by atoms with E-state index in [2.05, 4.69) is 0 Å². The highest BCUT2D eigenvalue weighted by molar-refractivity contribution is 5.99. The molecule has 2 aromatic rings. The van der Waals surface area contributed by atoms with Crippen molar-refractivity contribution >= 4 is 11.8 Å². The van der Waals surface area contributed by atoms with Crippen molar-refractivity contribution in [2.75, 3.05) is 0 Å². The third-order valence-electron chi connectivity index (χ3n) is 2.94. The summed E-state index contributed by atoms with van der Waals surface area (Å²) >= 11 is 0. The number of esters is 1. The van der Waals surface area contributed by atoms with Gasteiger partial charge >= 0.3 is 5.97 Å². The lowest BCUT2D eigenvalue weighted by molar-refractivity contribution is 0.0726. The molecule has 0 heterocycles. The second-order valence-corrected chi connectivity index (χ2v) is 5.10. The van der Waals surface area contributed by atoms with Crippen LogP contribution in [-0.4, -0.2) is 17.9 Å². The van der Waals surface area contributed by atoms with E-state index in [0.29, 0.717) is 16.9 Å². The molecule has 4 nitrogen and oxygen atoms in total. The highest BCUT2D eigenvalue weighted by Crippen LogP contribution is 2.24. The minimum Gasteiger partial charge on any atom is -0.490 e. The van der Waals surface area contributed by atoms with Crippen LogP contribution in [0.25, 0.3) is 0 Å². The predicted octanol–water partition coefficient (Wildman–Crippen LogP) is 3.90. The van der Waals surface area contributed by atoms with E-state index in [1.165, 1.54) is 6.92 Å². The van der Waals surface area contributed by atoms with Crippen LogP contribution >= 0.6 is 0 Å². The van der Waals surface area contributed by atoms with Gasteiger partial charge in [-0.15, -0.1) is 0 Å². The van der Waals surface area contributed by atoms with Crippen LogP contribution in [0.5, 0.6) is 11.5 Å². The Morgan fingerprint density at radius 3 is 2.00 bits per heavy atom. The van der Waals surface area contributed by atoms with Crippen LogP contribution in [-0.2, 0) is 0 Å². The Labute approximate surface area is 129 Å². The molecule has 0 aliphatic heterocycles. The third-order valence-corrected chi connectivity index (χ3v) is 2.94. The maximum absolute atomic E-state index is 12.4. The topological polar surface area (TPSA) is 52.6 Å². The van der Waals surface area contributed by atoms with Crippen LogP contribution in [0.4, 0.5) is 0 Å². The van der Waals surface area contributed by atoms with Gasteiger partial charge in [0.1, 0.15) is 17.1 Å². The lowest BCUT2D eigenvalue weighted by Gasteiger charge is -2.14. The average Bonchev–Trinajstić information content (AvgIpc) is 2.47. The summed E-state index contributed by atoms with van der Waals surface area (Å²) in [5, 5.41) is 0. The molecule has 0 amide bonds. The summed E-state index contributed by atoms with van der Waals surface area (Å²) < 4.78 is 11.0. The molecular formula is C18H18O4. The molecule has 0 spiro atoms. The molecule has 0 bridgehead atoms. The van der Waals surface area contributed by atoms with E-state index in [0.717, 1.165) is 0 Å². The fraction of sp³-hybridized carbons (Fsp3) is 0.222. The average molecular weight is 298 g/mol. The van der Waals surface area contributed by atoms with Gasteiger partial charge in [-0.2, -0.15) is 0 Å². The van der Waals surface area contributed by atoms with Crippen molar-refractivity contribution in [3.8, 4) is 11.5 Å². The number of rotatable bonds is 5. The number of ketones is 1. The quantitative estimate of drug-likeness (QED) is 0.477. The molecular weight excluding hydrogens is 280 g/mol. The molecule has 0 aliphatic rings. The first-order valence-electron chi connectivity index (χ1n) is 7.07. The van der Waals surface area contributed by atoms with Gasteiger partial charge in [-0.25, -0.2) is 4.79 Å². The monoisotopic (exact) mass is 298 g/mol. The zero-order valence-electron chi connectivity index (χ0n) is 12.8. The van der Waals surface area contributed by atoms with Crippen LogP contribution in [0.1, 0.15) is 41.5 Å². The molecule has 2 rings (SSSR count). The smallest absolute Gasteiger partial charge is 0.347 e. The van der Waals surface area contributed by atoms with E-state index >= 15 is 0 Å². The number of benzene rings is 2. The first-order valence-corrected chi connectivity index (χ1v) is 7.07. The van der Waals surface area contributed by atoms with E-state index in [-0.39, 0.29) is 17.6 Å². The van der Waals surface area contributed by atoms with Crippen LogP contribution in [0.3, 0.4) is 0 Å². The number of carbonyl (C=O) groups excluding carboxylic acids is 2. The Balaban J connectivity index is 2.29. The maximum atomic E-state index is 12.4. The number of carbonyl (C=O) groups is 2. The van der Waals surface area contributed by atoms with Crippen molar-refractivity contribution in [3.63, 3.8) is 0 Å². The number of hydrogen-bond donors (Lipinski definition) is 0. The van der Waals surface area contributed by atoms with Crippen LogP contribution in [0.2, 0.25) is 0 Å². The molecule has 2 aromatic carbocycles. The van der Waals surface area contributed by atoms with Gasteiger partial charge in [0.2, 0.25) is 0 Å². The molecule has 0 unspecified atom stereocenters. The van der Waals surface area contributed by atoms with Crippen molar-refractivity contribution in [3.05, 3.63) is 59.7 Å². The molecule has 0 radical (unpaired) electrons. The normalized spacial score (nSPS) is 10.4. The molecule has 114 valence electrons. The molecule has 0 saturated heterocycles. The molecule has 0 fully saturated rings. The van der Waals surface area contributed by atoms with Gasteiger partial charge in [-0.3, -0.25) is 4.79 Å². The Kier molecular flexibility index (Phi) is 4.94. The summed E-state index contributed by atoms with van der Waals surface area (Å²) in [5.41, 5.74) is 0.702. The highest BCUT2D eigenvalue weighted by Gasteiger charge is 2.17. The highest BCUT2D eigenvalue weighted by atomic mass is 16.5. The fourth-order valence-electron chi connectivity index (χ4n) is 1.99. The first-order chi connectivity index (χ1) is 10.5. The summed E-state index contributed by atoms with van der Waals surface area (Å²) in [6, 6.07) is 13.5.